The van der Waals surface area contributed by atoms with Gasteiger partial charge in [-0.05, 0) is 35.6 Å². The molecule has 0 fully saturated rings. The smallest absolute Gasteiger partial charge is 0.243 e. The Hall–Kier alpha value is -2.41. The number of anilines is 1. The SMILES string of the molecule is CC(C)[C@H](N)C(=O)NCC(=O)Nc1cccc(COCCc2ccccc2)c1.Cl. The predicted molar refractivity (Wildman–Crippen MR) is 118 cm³/mol. The molecular formula is C22H30ClN3O3. The van der Waals surface area contributed by atoms with Gasteiger partial charge in [-0.2, -0.15) is 0 Å². The van der Waals surface area contributed by atoms with Crippen LogP contribution in [0, 0.1) is 5.92 Å². The highest BCUT2D eigenvalue weighted by Crippen LogP contribution is 2.12. The molecule has 2 amide bonds. The lowest BCUT2D eigenvalue weighted by molar-refractivity contribution is -0.125. The molecule has 158 valence electrons. The van der Waals surface area contributed by atoms with E-state index in [1.807, 2.05) is 50.2 Å². The Morgan fingerprint density at radius 1 is 1.03 bits per heavy atom. The van der Waals surface area contributed by atoms with Crippen LogP contribution in [0.2, 0.25) is 0 Å². The highest BCUT2D eigenvalue weighted by molar-refractivity contribution is 5.95. The molecule has 0 spiro atoms. The molecule has 0 aliphatic carbocycles. The predicted octanol–water partition coefficient (Wildman–Crippen LogP) is 2.91. The first-order chi connectivity index (χ1) is 13.5. The van der Waals surface area contributed by atoms with Gasteiger partial charge in [0, 0.05) is 5.69 Å². The Morgan fingerprint density at radius 3 is 2.41 bits per heavy atom. The fourth-order valence-electron chi connectivity index (χ4n) is 2.56. The van der Waals surface area contributed by atoms with Gasteiger partial charge in [0.2, 0.25) is 11.8 Å². The number of ether oxygens (including phenoxy) is 1. The van der Waals surface area contributed by atoms with Crippen LogP contribution in [0.15, 0.2) is 54.6 Å². The van der Waals surface area contributed by atoms with Crippen LogP contribution in [0.3, 0.4) is 0 Å². The molecule has 7 heteroatoms. The molecule has 0 aliphatic rings. The molecule has 2 rings (SSSR count). The second kappa shape index (κ2) is 12.9. The van der Waals surface area contributed by atoms with Crippen LogP contribution in [-0.4, -0.2) is 31.0 Å². The van der Waals surface area contributed by atoms with E-state index in [-0.39, 0.29) is 36.7 Å². The Kier molecular flexibility index (Phi) is 11.0. The number of amides is 2. The maximum atomic E-state index is 12.0. The molecule has 0 unspecified atom stereocenters. The largest absolute Gasteiger partial charge is 0.376 e. The first kappa shape index (κ1) is 24.6. The Bertz CT molecular complexity index is 769. The first-order valence-corrected chi connectivity index (χ1v) is 9.49. The maximum absolute atomic E-state index is 12.0. The van der Waals surface area contributed by atoms with Crippen molar-refractivity contribution in [1.29, 1.82) is 0 Å². The topological polar surface area (TPSA) is 93.5 Å². The summed E-state index contributed by atoms with van der Waals surface area (Å²) in [4.78, 5) is 23.9. The van der Waals surface area contributed by atoms with E-state index in [0.29, 0.717) is 18.9 Å². The van der Waals surface area contributed by atoms with E-state index in [0.717, 1.165) is 12.0 Å². The number of rotatable bonds is 10. The van der Waals surface area contributed by atoms with Crippen molar-refractivity contribution in [1.82, 2.24) is 5.32 Å². The minimum absolute atomic E-state index is 0. The highest BCUT2D eigenvalue weighted by atomic mass is 35.5. The Labute approximate surface area is 178 Å². The third-order valence-corrected chi connectivity index (χ3v) is 4.30. The number of benzene rings is 2. The van der Waals surface area contributed by atoms with Crippen LogP contribution in [0.1, 0.15) is 25.0 Å². The summed E-state index contributed by atoms with van der Waals surface area (Å²) in [7, 11) is 0. The average molecular weight is 420 g/mol. The molecule has 29 heavy (non-hydrogen) atoms. The van der Waals surface area contributed by atoms with E-state index < -0.39 is 6.04 Å². The van der Waals surface area contributed by atoms with E-state index in [9.17, 15) is 9.59 Å². The summed E-state index contributed by atoms with van der Waals surface area (Å²) < 4.78 is 5.73. The van der Waals surface area contributed by atoms with Crippen molar-refractivity contribution in [2.75, 3.05) is 18.5 Å². The zero-order valence-electron chi connectivity index (χ0n) is 16.9. The normalized spacial score (nSPS) is 11.4. The molecule has 6 nitrogen and oxygen atoms in total. The lowest BCUT2D eigenvalue weighted by Crippen LogP contribution is -2.46. The Morgan fingerprint density at radius 2 is 1.72 bits per heavy atom. The van der Waals surface area contributed by atoms with E-state index in [1.54, 1.807) is 6.07 Å². The summed E-state index contributed by atoms with van der Waals surface area (Å²) in [5, 5.41) is 5.33. The number of halogens is 1. The summed E-state index contributed by atoms with van der Waals surface area (Å²) in [6.07, 6.45) is 0.857. The molecule has 1 atom stereocenters. The van der Waals surface area contributed by atoms with Crippen molar-refractivity contribution in [2.24, 2.45) is 11.7 Å². The van der Waals surface area contributed by atoms with Crippen molar-refractivity contribution >= 4 is 29.9 Å². The highest BCUT2D eigenvalue weighted by Gasteiger charge is 2.17. The third-order valence-electron chi connectivity index (χ3n) is 4.30. The molecule has 4 N–H and O–H groups in total. The molecule has 0 radical (unpaired) electrons. The van der Waals surface area contributed by atoms with Crippen molar-refractivity contribution in [3.05, 3.63) is 65.7 Å². The number of carbonyl (C=O) groups is 2. The molecule has 0 aliphatic heterocycles. The van der Waals surface area contributed by atoms with Gasteiger partial charge < -0.3 is 21.1 Å². The summed E-state index contributed by atoms with van der Waals surface area (Å²) in [6.45, 7) is 4.70. The lowest BCUT2D eigenvalue weighted by atomic mass is 10.1. The second-order valence-corrected chi connectivity index (χ2v) is 7.02. The van der Waals surface area contributed by atoms with Gasteiger partial charge in [-0.1, -0.05) is 56.3 Å². The summed E-state index contributed by atoms with van der Waals surface area (Å²) in [5.74, 6) is -0.612. The van der Waals surface area contributed by atoms with Crippen LogP contribution < -0.4 is 16.4 Å². The molecule has 0 saturated carbocycles. The van der Waals surface area contributed by atoms with E-state index in [2.05, 4.69) is 22.8 Å². The first-order valence-electron chi connectivity index (χ1n) is 9.49. The number of hydrogen-bond acceptors (Lipinski definition) is 4. The van der Waals surface area contributed by atoms with Crippen LogP contribution >= 0.6 is 12.4 Å². The van der Waals surface area contributed by atoms with Crippen molar-refractivity contribution < 1.29 is 14.3 Å². The number of hydrogen-bond donors (Lipinski definition) is 3. The average Bonchev–Trinajstić information content (AvgIpc) is 2.70. The van der Waals surface area contributed by atoms with E-state index in [4.69, 9.17) is 10.5 Å². The second-order valence-electron chi connectivity index (χ2n) is 7.02. The number of nitrogens with one attached hydrogen (secondary N) is 2. The van der Waals surface area contributed by atoms with Gasteiger partial charge in [-0.25, -0.2) is 0 Å². The summed E-state index contributed by atoms with van der Waals surface area (Å²) in [6, 6.07) is 17.0. The van der Waals surface area contributed by atoms with Gasteiger partial charge in [0.15, 0.2) is 0 Å². The van der Waals surface area contributed by atoms with E-state index >= 15 is 0 Å². The minimum atomic E-state index is -0.621. The zero-order chi connectivity index (χ0) is 20.4. The van der Waals surface area contributed by atoms with Crippen molar-refractivity contribution in [3.63, 3.8) is 0 Å². The standard InChI is InChI=1S/C22H29N3O3.ClH/c1-16(2)21(23)22(27)24-14-20(26)25-19-10-6-9-18(13-19)15-28-12-11-17-7-4-3-5-8-17;/h3-10,13,16,21H,11-12,14-15,23H2,1-2H3,(H,24,27)(H,25,26);1H/t21-;/m0./s1. The lowest BCUT2D eigenvalue weighted by Gasteiger charge is -2.15. The van der Waals surface area contributed by atoms with Crippen LogP contribution in [0.4, 0.5) is 5.69 Å². The molecule has 0 heterocycles. The van der Waals surface area contributed by atoms with Gasteiger partial charge in [0.05, 0.1) is 25.8 Å². The Balaban J connectivity index is 0.00000420. The third kappa shape index (κ3) is 9.09. The van der Waals surface area contributed by atoms with Crippen LogP contribution in [0.5, 0.6) is 0 Å². The van der Waals surface area contributed by atoms with Gasteiger partial charge in [0.1, 0.15) is 0 Å². The summed E-state index contributed by atoms with van der Waals surface area (Å²) in [5.41, 5.74) is 8.63. The van der Waals surface area contributed by atoms with Crippen molar-refractivity contribution in [2.45, 2.75) is 32.9 Å². The molecule has 0 bridgehead atoms. The monoisotopic (exact) mass is 419 g/mol. The zero-order valence-corrected chi connectivity index (χ0v) is 17.7. The van der Waals surface area contributed by atoms with Gasteiger partial charge in [-0.3, -0.25) is 9.59 Å². The van der Waals surface area contributed by atoms with Crippen molar-refractivity contribution in [3.8, 4) is 0 Å². The van der Waals surface area contributed by atoms with Gasteiger partial charge in [-0.15, -0.1) is 12.4 Å². The molecule has 2 aromatic rings. The van der Waals surface area contributed by atoms with Gasteiger partial charge in [0.25, 0.3) is 0 Å². The fraction of sp³-hybridized carbons (Fsp3) is 0.364. The molecule has 0 aromatic heterocycles. The molecule has 2 aromatic carbocycles. The van der Waals surface area contributed by atoms with E-state index in [1.165, 1.54) is 5.56 Å². The fourth-order valence-corrected chi connectivity index (χ4v) is 2.56. The maximum Gasteiger partial charge on any atom is 0.243 e. The van der Waals surface area contributed by atoms with Gasteiger partial charge >= 0.3 is 0 Å². The number of nitrogens with two attached hydrogens (primary N) is 1. The quantitative estimate of drug-likeness (QED) is 0.516. The van der Waals surface area contributed by atoms with Crippen LogP contribution in [-0.2, 0) is 27.4 Å². The molecular weight excluding hydrogens is 390 g/mol. The summed E-state index contributed by atoms with van der Waals surface area (Å²) >= 11 is 0. The minimum Gasteiger partial charge on any atom is -0.376 e. The van der Waals surface area contributed by atoms with Crippen LogP contribution in [0.25, 0.3) is 0 Å². The molecule has 0 saturated heterocycles. The number of carbonyl (C=O) groups excluding carboxylic acids is 2.